The molecule has 56 valence electrons. The summed E-state index contributed by atoms with van der Waals surface area (Å²) >= 11 is 0. The maximum absolute atomic E-state index is 9.03. The van der Waals surface area contributed by atoms with E-state index in [9.17, 15) is 0 Å². The van der Waals surface area contributed by atoms with Crippen molar-refractivity contribution in [1.82, 2.24) is 0 Å². The highest BCUT2D eigenvalue weighted by atomic mass is 16.5. The molecule has 1 rings (SSSR count). The van der Waals surface area contributed by atoms with Crippen molar-refractivity contribution < 1.29 is 10.2 Å². The van der Waals surface area contributed by atoms with Crippen LogP contribution in [0.1, 0.15) is 25.7 Å². The van der Waals surface area contributed by atoms with Crippen LogP contribution in [0.3, 0.4) is 0 Å². The molecule has 1 aliphatic rings. The van der Waals surface area contributed by atoms with Gasteiger partial charge in [0.15, 0.2) is 5.79 Å². The van der Waals surface area contributed by atoms with Crippen LogP contribution in [0.15, 0.2) is 0 Å². The molecule has 1 aliphatic carbocycles. The van der Waals surface area contributed by atoms with E-state index >= 15 is 0 Å². The fraction of sp³-hybridized carbons (Fsp3) is 0.857. The number of rotatable bonds is 0. The van der Waals surface area contributed by atoms with Crippen molar-refractivity contribution in [1.29, 1.82) is 5.26 Å². The van der Waals surface area contributed by atoms with Crippen LogP contribution in [0.4, 0.5) is 0 Å². The number of nitriles is 1. The predicted octanol–water partition coefficient (Wildman–Crippen LogP) is 0.381. The third kappa shape index (κ3) is 1.69. The van der Waals surface area contributed by atoms with Gasteiger partial charge in [0.25, 0.3) is 0 Å². The quantitative estimate of drug-likeness (QED) is 0.479. The average molecular weight is 141 g/mol. The zero-order valence-corrected chi connectivity index (χ0v) is 5.75. The van der Waals surface area contributed by atoms with Crippen molar-refractivity contribution in [2.45, 2.75) is 31.5 Å². The van der Waals surface area contributed by atoms with E-state index in [2.05, 4.69) is 6.07 Å². The summed E-state index contributed by atoms with van der Waals surface area (Å²) in [5.74, 6) is -1.46. The van der Waals surface area contributed by atoms with Crippen LogP contribution in [0.2, 0.25) is 0 Å². The van der Waals surface area contributed by atoms with E-state index in [4.69, 9.17) is 15.5 Å². The van der Waals surface area contributed by atoms with Gasteiger partial charge in [-0.25, -0.2) is 0 Å². The maximum atomic E-state index is 9.03. The van der Waals surface area contributed by atoms with Crippen LogP contribution in [-0.4, -0.2) is 16.0 Å². The van der Waals surface area contributed by atoms with Gasteiger partial charge < -0.3 is 10.2 Å². The van der Waals surface area contributed by atoms with E-state index in [1.807, 2.05) is 0 Å². The lowest BCUT2D eigenvalue weighted by Crippen LogP contribution is -2.32. The fourth-order valence-electron chi connectivity index (χ4n) is 1.21. The lowest BCUT2D eigenvalue weighted by Gasteiger charge is -2.28. The van der Waals surface area contributed by atoms with Crippen molar-refractivity contribution in [3.05, 3.63) is 0 Å². The largest absolute Gasteiger partial charge is 0.366 e. The molecular weight excluding hydrogens is 130 g/mol. The Kier molecular flexibility index (Phi) is 1.93. The third-order valence-corrected chi connectivity index (χ3v) is 1.97. The summed E-state index contributed by atoms with van der Waals surface area (Å²) in [5, 5.41) is 26.5. The molecule has 0 spiro atoms. The first-order valence-corrected chi connectivity index (χ1v) is 3.48. The second kappa shape index (κ2) is 2.57. The Morgan fingerprint density at radius 2 is 1.80 bits per heavy atom. The van der Waals surface area contributed by atoms with Gasteiger partial charge in [-0.2, -0.15) is 5.26 Å². The molecule has 0 aromatic rings. The highest BCUT2D eigenvalue weighted by Gasteiger charge is 2.30. The molecule has 0 aliphatic heterocycles. The monoisotopic (exact) mass is 141 g/mol. The zero-order valence-electron chi connectivity index (χ0n) is 5.75. The molecule has 0 bridgehead atoms. The minimum atomic E-state index is -1.49. The SMILES string of the molecule is N#CC1CCC(O)(O)CC1. The molecule has 0 radical (unpaired) electrons. The summed E-state index contributed by atoms with van der Waals surface area (Å²) in [6.45, 7) is 0. The molecule has 1 fully saturated rings. The molecule has 10 heavy (non-hydrogen) atoms. The number of nitrogens with zero attached hydrogens (tertiary/aromatic N) is 1. The van der Waals surface area contributed by atoms with Crippen LogP contribution in [-0.2, 0) is 0 Å². The summed E-state index contributed by atoms with van der Waals surface area (Å²) in [6.07, 6.45) is 1.91. The van der Waals surface area contributed by atoms with Crippen LogP contribution in [0, 0.1) is 17.2 Å². The maximum Gasteiger partial charge on any atom is 0.162 e. The molecule has 0 aromatic heterocycles. The van der Waals surface area contributed by atoms with Gasteiger partial charge in [0.2, 0.25) is 0 Å². The topological polar surface area (TPSA) is 64.2 Å². The lowest BCUT2D eigenvalue weighted by molar-refractivity contribution is -0.183. The van der Waals surface area contributed by atoms with E-state index in [1.54, 1.807) is 0 Å². The molecule has 0 aromatic carbocycles. The molecule has 3 heteroatoms. The predicted molar refractivity (Wildman–Crippen MR) is 34.7 cm³/mol. The van der Waals surface area contributed by atoms with Gasteiger partial charge in [0.1, 0.15) is 0 Å². The summed E-state index contributed by atoms with van der Waals surface area (Å²) in [4.78, 5) is 0. The molecule has 2 N–H and O–H groups in total. The van der Waals surface area contributed by atoms with Crippen LogP contribution in [0.5, 0.6) is 0 Å². The summed E-state index contributed by atoms with van der Waals surface area (Å²) in [5.41, 5.74) is 0. The Bertz CT molecular complexity index is 149. The molecule has 0 atom stereocenters. The normalized spacial score (nSPS) is 25.7. The Morgan fingerprint density at radius 1 is 1.30 bits per heavy atom. The highest BCUT2D eigenvalue weighted by Crippen LogP contribution is 2.29. The molecule has 0 unspecified atom stereocenters. The molecule has 3 nitrogen and oxygen atoms in total. The Labute approximate surface area is 59.9 Å². The van der Waals surface area contributed by atoms with Crippen molar-refractivity contribution >= 4 is 0 Å². The van der Waals surface area contributed by atoms with Crippen molar-refractivity contribution in [2.75, 3.05) is 0 Å². The van der Waals surface area contributed by atoms with Crippen molar-refractivity contribution in [3.63, 3.8) is 0 Å². The number of hydrogen-bond donors (Lipinski definition) is 2. The van der Waals surface area contributed by atoms with Crippen LogP contribution < -0.4 is 0 Å². The molecular formula is C7H11NO2. The van der Waals surface area contributed by atoms with Gasteiger partial charge in [-0.3, -0.25) is 0 Å². The third-order valence-electron chi connectivity index (χ3n) is 1.97. The van der Waals surface area contributed by atoms with Gasteiger partial charge in [-0.1, -0.05) is 0 Å². The Hall–Kier alpha value is -0.590. The van der Waals surface area contributed by atoms with Gasteiger partial charge >= 0.3 is 0 Å². The summed E-state index contributed by atoms with van der Waals surface area (Å²) < 4.78 is 0. The van der Waals surface area contributed by atoms with Crippen LogP contribution in [0.25, 0.3) is 0 Å². The number of aliphatic hydroxyl groups is 2. The summed E-state index contributed by atoms with van der Waals surface area (Å²) in [7, 11) is 0. The van der Waals surface area contributed by atoms with Gasteiger partial charge in [0, 0.05) is 18.8 Å². The van der Waals surface area contributed by atoms with E-state index in [0.29, 0.717) is 25.7 Å². The Balaban J connectivity index is 2.40. The van der Waals surface area contributed by atoms with E-state index in [-0.39, 0.29) is 5.92 Å². The van der Waals surface area contributed by atoms with Gasteiger partial charge in [-0.15, -0.1) is 0 Å². The smallest absolute Gasteiger partial charge is 0.162 e. The van der Waals surface area contributed by atoms with E-state index in [0.717, 1.165) is 0 Å². The minimum absolute atomic E-state index is 0.0347. The standard InChI is InChI=1S/C7H11NO2/c8-5-6-1-3-7(9,10)4-2-6/h6,9-10H,1-4H2. The van der Waals surface area contributed by atoms with E-state index < -0.39 is 5.79 Å². The Morgan fingerprint density at radius 3 is 2.20 bits per heavy atom. The first-order chi connectivity index (χ1) is 4.64. The van der Waals surface area contributed by atoms with E-state index in [1.165, 1.54) is 0 Å². The summed E-state index contributed by atoms with van der Waals surface area (Å²) in [6, 6.07) is 2.12. The van der Waals surface area contributed by atoms with Crippen molar-refractivity contribution in [3.8, 4) is 6.07 Å². The highest BCUT2D eigenvalue weighted by molar-refractivity contribution is 4.88. The minimum Gasteiger partial charge on any atom is -0.366 e. The fourth-order valence-corrected chi connectivity index (χ4v) is 1.21. The van der Waals surface area contributed by atoms with Crippen LogP contribution >= 0.6 is 0 Å². The molecule has 0 heterocycles. The molecule has 1 saturated carbocycles. The first-order valence-electron chi connectivity index (χ1n) is 3.48. The zero-order chi connectivity index (χ0) is 7.61. The number of hydrogen-bond acceptors (Lipinski definition) is 3. The first kappa shape index (κ1) is 7.52. The van der Waals surface area contributed by atoms with Gasteiger partial charge in [-0.05, 0) is 12.8 Å². The van der Waals surface area contributed by atoms with Gasteiger partial charge in [0.05, 0.1) is 6.07 Å². The molecule has 0 amide bonds. The lowest BCUT2D eigenvalue weighted by atomic mass is 9.86. The van der Waals surface area contributed by atoms with Crippen molar-refractivity contribution in [2.24, 2.45) is 5.92 Å². The second-order valence-corrected chi connectivity index (χ2v) is 2.89. The average Bonchev–Trinajstić information content (AvgIpc) is 1.88. The second-order valence-electron chi connectivity index (χ2n) is 2.89. The molecule has 0 saturated heterocycles.